The van der Waals surface area contributed by atoms with Crippen molar-refractivity contribution in [2.45, 2.75) is 5.03 Å². The molecule has 1 N–H and O–H groups in total. The zero-order chi connectivity index (χ0) is 11.7. The second kappa shape index (κ2) is 4.30. The van der Waals surface area contributed by atoms with Crippen LogP contribution < -0.4 is 0 Å². The molecule has 2 aromatic carbocycles. The maximum absolute atomic E-state index is 3.39. The molecule has 0 atom stereocenters. The number of fused-ring (bicyclic) bond motifs is 1. The Morgan fingerprint density at radius 2 is 1.71 bits per heavy atom. The van der Waals surface area contributed by atoms with Gasteiger partial charge in [0.2, 0.25) is 0 Å². The summed E-state index contributed by atoms with van der Waals surface area (Å²) in [4.78, 5) is 3.39. The maximum Gasteiger partial charge on any atom is 0.0729 e. The summed E-state index contributed by atoms with van der Waals surface area (Å²) in [6.45, 7) is 0. The molecule has 17 heavy (non-hydrogen) atoms. The van der Waals surface area contributed by atoms with Crippen LogP contribution in [0.15, 0.2) is 59.6 Å². The van der Waals surface area contributed by atoms with Gasteiger partial charge in [0.15, 0.2) is 0 Å². The summed E-state index contributed by atoms with van der Waals surface area (Å²) < 4.78 is 0. The van der Waals surface area contributed by atoms with E-state index in [1.165, 1.54) is 27.1 Å². The van der Waals surface area contributed by atoms with Crippen molar-refractivity contribution in [3.63, 3.8) is 0 Å². The van der Waals surface area contributed by atoms with Gasteiger partial charge in [0.05, 0.1) is 5.03 Å². The molecule has 84 valence electrons. The molecule has 0 aliphatic heterocycles. The van der Waals surface area contributed by atoms with Gasteiger partial charge in [-0.15, -0.1) is 11.8 Å². The van der Waals surface area contributed by atoms with Crippen molar-refractivity contribution in [2.24, 2.45) is 0 Å². The Bertz CT molecular complexity index is 640. The quantitative estimate of drug-likeness (QED) is 0.648. The van der Waals surface area contributed by atoms with Crippen molar-refractivity contribution in [1.29, 1.82) is 0 Å². The predicted molar refractivity (Wildman–Crippen MR) is 75.5 cm³/mol. The number of aromatic amines is 1. The number of hydrogen-bond donors (Lipinski definition) is 1. The van der Waals surface area contributed by atoms with E-state index in [0.29, 0.717) is 0 Å². The Morgan fingerprint density at radius 3 is 2.47 bits per heavy atom. The van der Waals surface area contributed by atoms with Crippen LogP contribution in [0.25, 0.3) is 22.0 Å². The molecule has 2 heteroatoms. The van der Waals surface area contributed by atoms with Gasteiger partial charge in [-0.1, -0.05) is 36.4 Å². The van der Waals surface area contributed by atoms with Crippen molar-refractivity contribution < 1.29 is 0 Å². The fraction of sp³-hybridized carbons (Fsp3) is 0.0667. The van der Waals surface area contributed by atoms with Crippen LogP contribution in [0.3, 0.4) is 0 Å². The molecule has 0 aliphatic carbocycles. The van der Waals surface area contributed by atoms with Gasteiger partial charge in [-0.2, -0.15) is 0 Å². The van der Waals surface area contributed by atoms with E-state index in [9.17, 15) is 0 Å². The molecule has 0 fully saturated rings. The van der Waals surface area contributed by atoms with E-state index in [4.69, 9.17) is 0 Å². The minimum Gasteiger partial charge on any atom is -0.350 e. The number of rotatable bonds is 2. The second-order valence-corrected chi connectivity index (χ2v) is 4.85. The minimum atomic E-state index is 1.20. The monoisotopic (exact) mass is 239 g/mol. The molecular formula is C15H13NS. The lowest BCUT2D eigenvalue weighted by atomic mass is 10.0. The smallest absolute Gasteiger partial charge is 0.0729 e. The lowest BCUT2D eigenvalue weighted by Gasteiger charge is -2.00. The van der Waals surface area contributed by atoms with Gasteiger partial charge in [-0.05, 0) is 35.6 Å². The van der Waals surface area contributed by atoms with Crippen LogP contribution in [0.1, 0.15) is 0 Å². The van der Waals surface area contributed by atoms with Gasteiger partial charge >= 0.3 is 0 Å². The molecule has 0 radical (unpaired) electrons. The summed E-state index contributed by atoms with van der Waals surface area (Å²) in [5, 5.41) is 2.49. The summed E-state index contributed by atoms with van der Waals surface area (Å²) in [6, 6.07) is 19.2. The highest BCUT2D eigenvalue weighted by Crippen LogP contribution is 2.27. The minimum absolute atomic E-state index is 1.20. The average Bonchev–Trinajstić information content (AvgIpc) is 2.81. The fourth-order valence-corrected chi connectivity index (χ4v) is 2.48. The van der Waals surface area contributed by atoms with Crippen LogP contribution in [-0.2, 0) is 0 Å². The van der Waals surface area contributed by atoms with Crippen LogP contribution in [0.5, 0.6) is 0 Å². The van der Waals surface area contributed by atoms with E-state index in [1.807, 2.05) is 6.07 Å². The van der Waals surface area contributed by atoms with Crippen molar-refractivity contribution in [2.75, 3.05) is 6.26 Å². The summed E-state index contributed by atoms with van der Waals surface area (Å²) in [7, 11) is 0. The molecule has 0 saturated heterocycles. The highest BCUT2D eigenvalue weighted by molar-refractivity contribution is 7.98. The van der Waals surface area contributed by atoms with Crippen LogP contribution in [-0.4, -0.2) is 11.2 Å². The lowest BCUT2D eigenvalue weighted by Crippen LogP contribution is -1.76. The fourth-order valence-electron chi connectivity index (χ4n) is 2.03. The summed E-state index contributed by atoms with van der Waals surface area (Å²) in [6.07, 6.45) is 2.09. The molecule has 1 aromatic heterocycles. The number of aromatic nitrogens is 1. The molecule has 0 aliphatic rings. The van der Waals surface area contributed by atoms with Gasteiger partial charge < -0.3 is 4.98 Å². The average molecular weight is 239 g/mol. The highest BCUT2D eigenvalue weighted by atomic mass is 32.2. The van der Waals surface area contributed by atoms with E-state index in [0.717, 1.165) is 0 Å². The number of thioether (sulfide) groups is 1. The van der Waals surface area contributed by atoms with Gasteiger partial charge in [0.1, 0.15) is 0 Å². The summed E-state index contributed by atoms with van der Waals surface area (Å²) in [5.74, 6) is 0. The van der Waals surface area contributed by atoms with Crippen LogP contribution in [0.2, 0.25) is 0 Å². The van der Waals surface area contributed by atoms with E-state index in [1.54, 1.807) is 11.8 Å². The van der Waals surface area contributed by atoms with Gasteiger partial charge in [-0.25, -0.2) is 0 Å². The molecule has 0 saturated carbocycles. The standard InChI is InChI=1S/C15H13NS/c1-17-15-10-13-9-12(7-8-14(13)16-15)11-5-3-2-4-6-11/h2-10,16H,1H3. The first-order chi connectivity index (χ1) is 8.36. The molecule has 1 heterocycles. The third kappa shape index (κ3) is 1.96. The molecule has 3 rings (SSSR count). The van der Waals surface area contributed by atoms with Crippen LogP contribution >= 0.6 is 11.8 Å². The van der Waals surface area contributed by atoms with E-state index >= 15 is 0 Å². The summed E-state index contributed by atoms with van der Waals surface area (Å²) in [5.41, 5.74) is 3.74. The Balaban J connectivity index is 2.13. The van der Waals surface area contributed by atoms with Crippen molar-refractivity contribution in [3.8, 4) is 11.1 Å². The van der Waals surface area contributed by atoms with Crippen LogP contribution in [0.4, 0.5) is 0 Å². The number of hydrogen-bond acceptors (Lipinski definition) is 1. The molecule has 1 nitrogen and oxygen atoms in total. The van der Waals surface area contributed by atoms with Crippen molar-refractivity contribution in [3.05, 3.63) is 54.6 Å². The van der Waals surface area contributed by atoms with Crippen molar-refractivity contribution >= 4 is 22.7 Å². The van der Waals surface area contributed by atoms with E-state index < -0.39 is 0 Å². The van der Waals surface area contributed by atoms with E-state index in [2.05, 4.69) is 59.8 Å². The molecular weight excluding hydrogens is 226 g/mol. The molecule has 0 unspecified atom stereocenters. The highest BCUT2D eigenvalue weighted by Gasteiger charge is 2.02. The lowest BCUT2D eigenvalue weighted by molar-refractivity contribution is 1.24. The Labute approximate surface area is 105 Å². The largest absolute Gasteiger partial charge is 0.350 e. The molecule has 3 aromatic rings. The normalized spacial score (nSPS) is 10.9. The first-order valence-electron chi connectivity index (χ1n) is 5.59. The number of H-pyrrole nitrogens is 1. The predicted octanol–water partition coefficient (Wildman–Crippen LogP) is 4.56. The Hall–Kier alpha value is -1.67. The van der Waals surface area contributed by atoms with Crippen LogP contribution in [0, 0.1) is 0 Å². The third-order valence-electron chi connectivity index (χ3n) is 2.92. The SMILES string of the molecule is CSc1cc2cc(-c3ccccc3)ccc2[nH]1. The van der Waals surface area contributed by atoms with Gasteiger partial charge in [-0.3, -0.25) is 0 Å². The second-order valence-electron chi connectivity index (χ2n) is 4.01. The van der Waals surface area contributed by atoms with E-state index in [-0.39, 0.29) is 0 Å². The zero-order valence-electron chi connectivity index (χ0n) is 9.60. The number of nitrogens with one attached hydrogen (secondary N) is 1. The maximum atomic E-state index is 3.39. The molecule has 0 spiro atoms. The Kier molecular flexibility index (Phi) is 2.65. The summed E-state index contributed by atoms with van der Waals surface area (Å²) >= 11 is 1.74. The Morgan fingerprint density at radius 1 is 0.882 bits per heavy atom. The van der Waals surface area contributed by atoms with Gasteiger partial charge in [0, 0.05) is 10.9 Å². The zero-order valence-corrected chi connectivity index (χ0v) is 10.4. The topological polar surface area (TPSA) is 15.8 Å². The first kappa shape index (κ1) is 10.5. The van der Waals surface area contributed by atoms with Gasteiger partial charge in [0.25, 0.3) is 0 Å². The van der Waals surface area contributed by atoms with Crippen molar-refractivity contribution in [1.82, 2.24) is 4.98 Å². The number of benzene rings is 2. The first-order valence-corrected chi connectivity index (χ1v) is 6.81. The molecule has 0 amide bonds. The molecule has 0 bridgehead atoms. The third-order valence-corrected chi connectivity index (χ3v) is 3.58.